The zero-order valence-corrected chi connectivity index (χ0v) is 25.6. The van der Waals surface area contributed by atoms with Crippen LogP contribution < -0.4 is 5.32 Å². The number of rotatable bonds is 11. The Kier molecular flexibility index (Phi) is 10.4. The van der Waals surface area contributed by atoms with E-state index >= 15 is 0 Å². The third-order valence-electron chi connectivity index (χ3n) is 9.28. The van der Waals surface area contributed by atoms with Crippen LogP contribution in [0.5, 0.6) is 11.5 Å². The Labute approximate surface area is 253 Å². The molecule has 2 aromatic carbocycles. The van der Waals surface area contributed by atoms with Crippen LogP contribution in [0.1, 0.15) is 73.5 Å². The fraction of sp³-hybridized carbons (Fsp3) is 0.576. The van der Waals surface area contributed by atoms with E-state index in [1.165, 1.54) is 7.11 Å². The highest BCUT2D eigenvalue weighted by molar-refractivity contribution is 5.96. The molecule has 0 bridgehead atoms. The number of aliphatic hydroxyl groups is 2. The molecule has 236 valence electrons. The molecular weight excluding hydrogens is 554 g/mol. The number of carbonyl (C=O) groups excluding carboxylic acids is 2. The van der Waals surface area contributed by atoms with Gasteiger partial charge in [0.2, 0.25) is 5.91 Å². The van der Waals surface area contributed by atoms with E-state index in [1.807, 2.05) is 44.2 Å². The van der Waals surface area contributed by atoms with E-state index in [4.69, 9.17) is 14.2 Å². The van der Waals surface area contributed by atoms with Gasteiger partial charge in [-0.15, -0.1) is 0 Å². The van der Waals surface area contributed by atoms with Crippen LogP contribution in [0.2, 0.25) is 0 Å². The van der Waals surface area contributed by atoms with Crippen molar-refractivity contribution in [3.63, 3.8) is 0 Å². The van der Waals surface area contributed by atoms with Gasteiger partial charge < -0.3 is 40.0 Å². The molecule has 2 aromatic rings. The van der Waals surface area contributed by atoms with Gasteiger partial charge in [0.25, 0.3) is 0 Å². The number of carbonyl (C=O) groups is 2. The number of aromatic hydroxyl groups is 2. The number of ether oxygens (including phenoxy) is 3. The highest BCUT2D eigenvalue weighted by Gasteiger charge is 2.48. The topological polar surface area (TPSA) is 155 Å². The summed E-state index contributed by atoms with van der Waals surface area (Å²) < 4.78 is 17.6. The first-order valence-electron chi connectivity index (χ1n) is 15.0. The van der Waals surface area contributed by atoms with Crippen LogP contribution in [-0.2, 0) is 31.8 Å². The van der Waals surface area contributed by atoms with Crippen molar-refractivity contribution in [1.82, 2.24) is 5.32 Å². The predicted octanol–water partition coefficient (Wildman–Crippen LogP) is 3.53. The van der Waals surface area contributed by atoms with E-state index in [0.717, 1.165) is 18.1 Å². The van der Waals surface area contributed by atoms with Crippen LogP contribution in [0.4, 0.5) is 0 Å². The smallest absolute Gasteiger partial charge is 0.342 e. The average molecular weight is 600 g/mol. The molecule has 7 atom stereocenters. The second-order valence-corrected chi connectivity index (χ2v) is 12.5. The Morgan fingerprint density at radius 3 is 2.53 bits per heavy atom. The van der Waals surface area contributed by atoms with Crippen LogP contribution in [-0.4, -0.2) is 76.2 Å². The van der Waals surface area contributed by atoms with Crippen molar-refractivity contribution in [1.29, 1.82) is 0 Å². The number of cyclic esters (lactones) is 1. The molecule has 2 aliphatic heterocycles. The van der Waals surface area contributed by atoms with Crippen LogP contribution in [0, 0.1) is 18.3 Å². The first kappa shape index (κ1) is 32.7. The molecule has 0 radical (unpaired) electrons. The van der Waals surface area contributed by atoms with Gasteiger partial charge >= 0.3 is 5.97 Å². The Morgan fingerprint density at radius 1 is 1.16 bits per heavy atom. The number of hydrogen-bond acceptors (Lipinski definition) is 9. The molecule has 43 heavy (non-hydrogen) atoms. The molecule has 2 heterocycles. The van der Waals surface area contributed by atoms with Crippen molar-refractivity contribution in [3.05, 3.63) is 58.7 Å². The Bertz CT molecular complexity index is 1280. The number of fused-ring (bicyclic) bond motifs is 1. The van der Waals surface area contributed by atoms with Gasteiger partial charge in [0.1, 0.15) is 29.3 Å². The number of phenols is 2. The summed E-state index contributed by atoms with van der Waals surface area (Å²) in [5, 5.41) is 45.7. The fourth-order valence-electron chi connectivity index (χ4n) is 6.07. The van der Waals surface area contributed by atoms with Crippen LogP contribution >= 0.6 is 0 Å². The minimum atomic E-state index is -0.977. The Hall–Kier alpha value is -3.18. The molecule has 0 spiro atoms. The molecule has 1 saturated heterocycles. The third kappa shape index (κ3) is 7.32. The minimum absolute atomic E-state index is 0.0312. The van der Waals surface area contributed by atoms with Gasteiger partial charge in [-0.3, -0.25) is 4.79 Å². The summed E-state index contributed by atoms with van der Waals surface area (Å²) in [6, 6.07) is 11.1. The molecule has 4 rings (SSSR count). The molecule has 0 unspecified atom stereocenters. The summed E-state index contributed by atoms with van der Waals surface area (Å²) in [5.41, 5.74) is 1.44. The lowest BCUT2D eigenvalue weighted by Gasteiger charge is -2.48. The number of aryl methyl sites for hydroxylation is 1. The number of hydrogen-bond donors (Lipinski definition) is 5. The quantitative estimate of drug-likeness (QED) is 0.193. The highest BCUT2D eigenvalue weighted by Crippen LogP contribution is 2.42. The van der Waals surface area contributed by atoms with Gasteiger partial charge in [-0.1, -0.05) is 51.1 Å². The van der Waals surface area contributed by atoms with Crippen molar-refractivity contribution in [2.45, 2.75) is 103 Å². The van der Waals surface area contributed by atoms with Gasteiger partial charge in [-0.25, -0.2) is 4.79 Å². The van der Waals surface area contributed by atoms with Crippen molar-refractivity contribution >= 4 is 11.9 Å². The number of methoxy groups -OCH3 is 1. The third-order valence-corrected chi connectivity index (χ3v) is 9.28. The van der Waals surface area contributed by atoms with Gasteiger partial charge in [-0.05, 0) is 36.5 Å². The second kappa shape index (κ2) is 13.6. The molecule has 1 amide bonds. The summed E-state index contributed by atoms with van der Waals surface area (Å²) in [6.07, 6.45) is -2.16. The monoisotopic (exact) mass is 599 g/mol. The van der Waals surface area contributed by atoms with E-state index in [9.17, 15) is 30.0 Å². The lowest BCUT2D eigenvalue weighted by atomic mass is 9.73. The maximum absolute atomic E-state index is 12.8. The second-order valence-electron chi connectivity index (χ2n) is 12.5. The van der Waals surface area contributed by atoms with Gasteiger partial charge in [-0.2, -0.15) is 0 Å². The number of phenolic OH excluding ortho intramolecular Hbond substituents is 2. The van der Waals surface area contributed by atoms with Crippen LogP contribution in [0.15, 0.2) is 36.4 Å². The maximum atomic E-state index is 12.8. The lowest BCUT2D eigenvalue weighted by Crippen LogP contribution is -2.58. The van der Waals surface area contributed by atoms with E-state index in [-0.39, 0.29) is 42.2 Å². The van der Waals surface area contributed by atoms with Crippen LogP contribution in [0.3, 0.4) is 0 Å². The summed E-state index contributed by atoms with van der Waals surface area (Å²) in [4.78, 5) is 25.5. The molecular formula is C33H45NO9. The van der Waals surface area contributed by atoms with E-state index in [2.05, 4.69) is 5.32 Å². The van der Waals surface area contributed by atoms with E-state index in [1.54, 1.807) is 13.8 Å². The lowest BCUT2D eigenvalue weighted by molar-refractivity contribution is -0.216. The van der Waals surface area contributed by atoms with E-state index < -0.39 is 54.0 Å². The largest absolute Gasteiger partial charge is 0.508 e. The van der Waals surface area contributed by atoms with Gasteiger partial charge in [0.05, 0.1) is 18.3 Å². The van der Waals surface area contributed by atoms with Gasteiger partial charge in [0, 0.05) is 50.2 Å². The standard InChI is InChI=1S/C33H45NO9/c1-18-21-14-25(43-32(40)30(21)24(37)15-22(18)35)19(2)23(36)16-28-33(3,4)27(38)17-26(42-28)31(41-5)34-29(39)13-9-12-20-10-7-6-8-11-20/h6-8,10-11,15,19,23,25-28,31,35-38H,9,12-14,16-17H2,1-5H3,(H,34,39)/t19-,23+,25-,26-,27-,28-,31+/m1/s1. The minimum Gasteiger partial charge on any atom is -0.508 e. The van der Waals surface area contributed by atoms with Crippen molar-refractivity contribution in [3.8, 4) is 11.5 Å². The van der Waals surface area contributed by atoms with Crippen LogP contribution in [0.25, 0.3) is 0 Å². The molecule has 0 saturated carbocycles. The molecule has 10 nitrogen and oxygen atoms in total. The number of amides is 1. The number of benzene rings is 2. The molecule has 5 N–H and O–H groups in total. The van der Waals surface area contributed by atoms with Crippen molar-refractivity contribution < 1.29 is 44.2 Å². The Balaban J connectivity index is 1.39. The molecule has 2 aliphatic rings. The molecule has 10 heteroatoms. The number of nitrogens with one attached hydrogen (secondary N) is 1. The Morgan fingerprint density at radius 2 is 1.86 bits per heavy atom. The zero-order chi connectivity index (χ0) is 31.5. The number of esters is 1. The predicted molar refractivity (Wildman–Crippen MR) is 159 cm³/mol. The van der Waals surface area contributed by atoms with Gasteiger partial charge in [0.15, 0.2) is 6.23 Å². The first-order chi connectivity index (χ1) is 20.3. The van der Waals surface area contributed by atoms with E-state index in [0.29, 0.717) is 24.0 Å². The summed E-state index contributed by atoms with van der Waals surface area (Å²) in [5.74, 6) is -1.88. The summed E-state index contributed by atoms with van der Waals surface area (Å²) >= 11 is 0. The van der Waals surface area contributed by atoms with Crippen molar-refractivity contribution in [2.24, 2.45) is 11.3 Å². The summed E-state index contributed by atoms with van der Waals surface area (Å²) in [7, 11) is 1.48. The number of aliphatic hydroxyl groups excluding tert-OH is 2. The molecule has 1 fully saturated rings. The molecule has 0 aromatic heterocycles. The first-order valence-corrected chi connectivity index (χ1v) is 15.0. The van der Waals surface area contributed by atoms with Crippen molar-refractivity contribution in [2.75, 3.05) is 7.11 Å². The highest BCUT2D eigenvalue weighted by atomic mass is 16.6. The fourth-order valence-corrected chi connectivity index (χ4v) is 6.07. The average Bonchev–Trinajstić information content (AvgIpc) is 2.96. The normalized spacial score (nSPS) is 25.2. The zero-order valence-electron chi connectivity index (χ0n) is 25.6. The summed E-state index contributed by atoms with van der Waals surface area (Å²) in [6.45, 7) is 7.17. The molecule has 0 aliphatic carbocycles. The maximum Gasteiger partial charge on any atom is 0.342 e. The SMILES string of the molecule is CO[C@H](NC(=O)CCCc1ccccc1)[C@H]1C[C@@H](O)C(C)(C)[C@@H](C[C@H](O)[C@@H](C)[C@H]2Cc3c(C)c(O)cc(O)c3C(=O)O2)O1.